The Bertz CT molecular complexity index is 1480. The van der Waals surface area contributed by atoms with Crippen molar-refractivity contribution in [3.63, 3.8) is 0 Å². The van der Waals surface area contributed by atoms with E-state index in [1.54, 1.807) is 16.7 Å². The van der Waals surface area contributed by atoms with Crippen LogP contribution in [-0.2, 0) is 19.1 Å². The molecule has 1 aliphatic heterocycles. The van der Waals surface area contributed by atoms with Crippen molar-refractivity contribution in [2.24, 2.45) is 0 Å². The number of carbonyl (C=O) groups excluding carboxylic acids is 1. The van der Waals surface area contributed by atoms with E-state index in [0.29, 0.717) is 52.7 Å². The number of hydrogen-bond donors (Lipinski definition) is 1. The highest BCUT2D eigenvalue weighted by Crippen LogP contribution is 2.42. The van der Waals surface area contributed by atoms with Gasteiger partial charge in [-0.1, -0.05) is 29.8 Å². The molecule has 4 nitrogen and oxygen atoms in total. The minimum absolute atomic E-state index is 0.0128. The SMILES string of the molecule is O=C1NCCc2c1c(-c1ccc(F)cc1)c(-c1ccnc(Cl)c1)n2Cc1ccc(C(F)(F)F)cc1F. The van der Waals surface area contributed by atoms with Gasteiger partial charge in [-0.15, -0.1) is 0 Å². The molecule has 2 aromatic heterocycles. The average Bonchev–Trinajstić information content (AvgIpc) is 3.15. The molecule has 184 valence electrons. The fourth-order valence-electron chi connectivity index (χ4n) is 4.50. The van der Waals surface area contributed by atoms with E-state index in [9.17, 15) is 26.7 Å². The molecule has 10 heteroatoms. The number of hydrogen-bond acceptors (Lipinski definition) is 2. The van der Waals surface area contributed by atoms with Crippen LogP contribution in [0.15, 0.2) is 60.8 Å². The minimum atomic E-state index is -4.68. The van der Waals surface area contributed by atoms with E-state index in [0.717, 1.165) is 12.1 Å². The Morgan fingerprint density at radius 3 is 2.39 bits per heavy atom. The first-order chi connectivity index (χ1) is 17.1. The molecule has 2 aromatic carbocycles. The van der Waals surface area contributed by atoms with Gasteiger partial charge < -0.3 is 9.88 Å². The summed E-state index contributed by atoms with van der Waals surface area (Å²) in [6, 6.07) is 11.2. The van der Waals surface area contributed by atoms with Crippen LogP contribution in [0.2, 0.25) is 5.15 Å². The quantitative estimate of drug-likeness (QED) is 0.248. The van der Waals surface area contributed by atoms with Crippen molar-refractivity contribution in [2.75, 3.05) is 6.54 Å². The van der Waals surface area contributed by atoms with Gasteiger partial charge in [-0.3, -0.25) is 4.79 Å². The van der Waals surface area contributed by atoms with Gasteiger partial charge in [-0.25, -0.2) is 13.8 Å². The first-order valence-electron chi connectivity index (χ1n) is 10.9. The predicted octanol–water partition coefficient (Wildman–Crippen LogP) is 6.50. The number of carbonyl (C=O) groups is 1. The molecular formula is C26H17ClF5N3O. The van der Waals surface area contributed by atoms with Gasteiger partial charge in [0.1, 0.15) is 16.8 Å². The topological polar surface area (TPSA) is 46.9 Å². The standard InChI is InChI=1S/C26H17ClF5N3O/c27-21-11-15(7-9-33-21)24-22(14-2-5-18(28)6-3-14)23-20(8-10-34-25(23)36)35(24)13-16-1-4-17(12-19(16)29)26(30,31)32/h1-7,9,11-12H,8,10,13H2,(H,34,36). The summed E-state index contributed by atoms with van der Waals surface area (Å²) in [5, 5.41) is 2.97. The highest BCUT2D eigenvalue weighted by Gasteiger charge is 2.33. The zero-order valence-electron chi connectivity index (χ0n) is 18.5. The monoisotopic (exact) mass is 517 g/mol. The molecule has 5 rings (SSSR count). The molecule has 4 aromatic rings. The van der Waals surface area contributed by atoms with Crippen LogP contribution in [0.4, 0.5) is 22.0 Å². The van der Waals surface area contributed by atoms with Crippen LogP contribution in [-0.4, -0.2) is 22.0 Å². The number of fused-ring (bicyclic) bond motifs is 1. The van der Waals surface area contributed by atoms with E-state index < -0.39 is 23.4 Å². The molecule has 0 radical (unpaired) electrons. The molecule has 3 heterocycles. The van der Waals surface area contributed by atoms with E-state index in [4.69, 9.17) is 11.6 Å². The summed E-state index contributed by atoms with van der Waals surface area (Å²) in [6.45, 7) is 0.181. The molecule has 0 fully saturated rings. The Kier molecular flexibility index (Phi) is 6.04. The fraction of sp³-hybridized carbons (Fsp3) is 0.154. The molecule has 1 aliphatic rings. The number of nitrogens with one attached hydrogen (secondary N) is 1. The average molecular weight is 518 g/mol. The lowest BCUT2D eigenvalue weighted by Crippen LogP contribution is -2.32. The summed E-state index contributed by atoms with van der Waals surface area (Å²) in [6.07, 6.45) is -2.81. The number of halogens is 6. The second-order valence-electron chi connectivity index (χ2n) is 8.32. The van der Waals surface area contributed by atoms with Crippen molar-refractivity contribution in [1.29, 1.82) is 0 Å². The lowest BCUT2D eigenvalue weighted by atomic mass is 9.95. The summed E-state index contributed by atoms with van der Waals surface area (Å²) < 4.78 is 69.5. The summed E-state index contributed by atoms with van der Waals surface area (Å²) in [5.41, 5.74) is 1.92. The van der Waals surface area contributed by atoms with Gasteiger partial charge >= 0.3 is 6.18 Å². The van der Waals surface area contributed by atoms with Crippen LogP contribution in [0.25, 0.3) is 22.4 Å². The number of nitrogens with zero attached hydrogens (tertiary/aromatic N) is 2. The molecule has 0 bridgehead atoms. The molecule has 0 spiro atoms. The van der Waals surface area contributed by atoms with Gasteiger partial charge in [0.2, 0.25) is 0 Å². The van der Waals surface area contributed by atoms with Crippen LogP contribution in [0.3, 0.4) is 0 Å². The number of rotatable bonds is 4. The number of aromatic nitrogens is 2. The number of pyridine rings is 1. The third-order valence-corrected chi connectivity index (χ3v) is 6.29. The van der Waals surface area contributed by atoms with Crippen LogP contribution in [0.5, 0.6) is 0 Å². The Hall–Kier alpha value is -3.72. The zero-order valence-corrected chi connectivity index (χ0v) is 19.2. The summed E-state index contributed by atoms with van der Waals surface area (Å²) >= 11 is 6.15. The Balaban J connectivity index is 1.78. The normalized spacial score (nSPS) is 13.4. The number of alkyl halides is 3. The molecule has 36 heavy (non-hydrogen) atoms. The van der Waals surface area contributed by atoms with E-state index in [2.05, 4.69) is 10.3 Å². The lowest BCUT2D eigenvalue weighted by Gasteiger charge is -2.18. The second-order valence-corrected chi connectivity index (χ2v) is 8.70. The van der Waals surface area contributed by atoms with Crippen LogP contribution >= 0.6 is 11.6 Å². The molecular weight excluding hydrogens is 501 g/mol. The fourth-order valence-corrected chi connectivity index (χ4v) is 4.67. The van der Waals surface area contributed by atoms with Gasteiger partial charge in [0.05, 0.1) is 23.4 Å². The van der Waals surface area contributed by atoms with Crippen LogP contribution in [0.1, 0.15) is 27.2 Å². The van der Waals surface area contributed by atoms with Gasteiger partial charge in [0, 0.05) is 41.5 Å². The smallest absolute Gasteiger partial charge is 0.352 e. The third-order valence-electron chi connectivity index (χ3n) is 6.09. The summed E-state index contributed by atoms with van der Waals surface area (Å²) in [5.74, 6) is -1.84. The first-order valence-corrected chi connectivity index (χ1v) is 11.3. The van der Waals surface area contributed by atoms with E-state index in [1.165, 1.54) is 30.5 Å². The molecule has 0 unspecified atom stereocenters. The third kappa shape index (κ3) is 4.35. The Morgan fingerprint density at radius 2 is 1.72 bits per heavy atom. The highest BCUT2D eigenvalue weighted by atomic mass is 35.5. The van der Waals surface area contributed by atoms with Crippen molar-refractivity contribution >= 4 is 17.5 Å². The molecule has 0 saturated carbocycles. The van der Waals surface area contributed by atoms with Crippen LogP contribution < -0.4 is 5.32 Å². The summed E-state index contributed by atoms with van der Waals surface area (Å²) in [4.78, 5) is 17.0. The maximum Gasteiger partial charge on any atom is 0.416 e. The highest BCUT2D eigenvalue weighted by molar-refractivity contribution is 6.29. The van der Waals surface area contributed by atoms with E-state index in [1.807, 2.05) is 0 Å². The molecule has 0 atom stereocenters. The predicted molar refractivity (Wildman–Crippen MR) is 125 cm³/mol. The zero-order chi connectivity index (χ0) is 25.6. The van der Waals surface area contributed by atoms with Gasteiger partial charge in [0.25, 0.3) is 5.91 Å². The van der Waals surface area contributed by atoms with E-state index >= 15 is 0 Å². The molecule has 0 saturated heterocycles. The van der Waals surface area contributed by atoms with Crippen molar-refractivity contribution in [2.45, 2.75) is 19.1 Å². The van der Waals surface area contributed by atoms with Crippen LogP contribution in [0, 0.1) is 11.6 Å². The Morgan fingerprint density at radius 1 is 0.972 bits per heavy atom. The lowest BCUT2D eigenvalue weighted by molar-refractivity contribution is -0.137. The summed E-state index contributed by atoms with van der Waals surface area (Å²) in [7, 11) is 0. The van der Waals surface area contributed by atoms with E-state index in [-0.39, 0.29) is 23.2 Å². The van der Waals surface area contributed by atoms with Crippen molar-refractivity contribution in [3.8, 4) is 22.4 Å². The second kappa shape index (κ2) is 9.05. The van der Waals surface area contributed by atoms with Gasteiger partial charge in [-0.2, -0.15) is 13.2 Å². The maximum absolute atomic E-state index is 14.9. The molecule has 0 aliphatic carbocycles. The first kappa shape index (κ1) is 24.0. The maximum atomic E-state index is 14.9. The van der Waals surface area contributed by atoms with Crippen molar-refractivity contribution in [1.82, 2.24) is 14.9 Å². The van der Waals surface area contributed by atoms with Crippen molar-refractivity contribution < 1.29 is 26.7 Å². The molecule has 1 amide bonds. The largest absolute Gasteiger partial charge is 0.416 e. The Labute approximate surface area is 207 Å². The van der Waals surface area contributed by atoms with Crippen molar-refractivity contribution in [3.05, 3.63) is 100.0 Å². The number of benzene rings is 2. The molecule has 1 N–H and O–H groups in total. The minimum Gasteiger partial charge on any atom is -0.352 e. The van der Waals surface area contributed by atoms with Gasteiger partial charge in [-0.05, 0) is 42.0 Å². The van der Waals surface area contributed by atoms with Gasteiger partial charge in [0.15, 0.2) is 0 Å². The number of amides is 1.